The van der Waals surface area contributed by atoms with E-state index in [1.54, 1.807) is 24.3 Å². The molecule has 0 radical (unpaired) electrons. The van der Waals surface area contributed by atoms with Crippen molar-refractivity contribution in [3.05, 3.63) is 95.3 Å². The van der Waals surface area contributed by atoms with Gasteiger partial charge in [-0.1, -0.05) is 12.1 Å². The quantitative estimate of drug-likeness (QED) is 0.182. The van der Waals surface area contributed by atoms with Crippen molar-refractivity contribution in [2.45, 2.75) is 4.90 Å². The lowest BCUT2D eigenvalue weighted by Gasteiger charge is -2.10. The summed E-state index contributed by atoms with van der Waals surface area (Å²) >= 11 is 0. The van der Waals surface area contributed by atoms with Crippen LogP contribution < -0.4 is 0 Å². The van der Waals surface area contributed by atoms with Crippen molar-refractivity contribution in [2.24, 2.45) is 0 Å². The molecule has 0 atom stereocenters. The molecule has 2 N–H and O–H groups in total. The minimum atomic E-state index is -4.01. The van der Waals surface area contributed by atoms with Crippen molar-refractivity contribution in [3.63, 3.8) is 0 Å². The highest BCUT2D eigenvalue weighted by Gasteiger charge is 2.25. The summed E-state index contributed by atoms with van der Waals surface area (Å²) in [7, 11) is 1.30. The molecule has 1 heterocycles. The molecule has 3 aromatic carbocycles. The van der Waals surface area contributed by atoms with E-state index in [0.29, 0.717) is 17.1 Å². The molecule has 0 bridgehead atoms. The molecular formula is C22H13ClF2N2O4S. The number of para-hydroxylation sites is 2. The number of aromatic nitrogens is 2. The molecular weight excluding hydrogens is 462 g/mol. The number of ketones is 1. The van der Waals surface area contributed by atoms with Crippen LogP contribution in [0.1, 0.15) is 21.7 Å². The molecule has 0 aliphatic heterocycles. The normalized spacial score (nSPS) is 12.6. The average Bonchev–Trinajstić information content (AvgIpc) is 3.16. The van der Waals surface area contributed by atoms with Gasteiger partial charge in [-0.2, -0.15) is 0 Å². The minimum Gasteiger partial charge on any atom is -0.506 e. The Morgan fingerprint density at radius 1 is 0.938 bits per heavy atom. The second kappa shape index (κ2) is 8.18. The van der Waals surface area contributed by atoms with Crippen molar-refractivity contribution in [1.82, 2.24) is 9.97 Å². The summed E-state index contributed by atoms with van der Waals surface area (Å²) in [5, 5.41) is 10.9. The van der Waals surface area contributed by atoms with E-state index in [-0.39, 0.29) is 27.4 Å². The maximum atomic E-state index is 13.8. The first-order valence-corrected chi connectivity index (χ1v) is 11.4. The zero-order valence-corrected chi connectivity index (χ0v) is 17.6. The van der Waals surface area contributed by atoms with Crippen LogP contribution in [0.15, 0.2) is 71.6 Å². The number of hydrogen-bond donors (Lipinski definition) is 2. The molecule has 1 aromatic heterocycles. The summed E-state index contributed by atoms with van der Waals surface area (Å²) in [6.07, 6.45) is 0. The number of Topliss-reactive ketones (excluding diaryl/α,β-unsaturated/α-hetero) is 1. The lowest BCUT2D eigenvalue weighted by atomic mass is 9.98. The van der Waals surface area contributed by atoms with Gasteiger partial charge in [0.1, 0.15) is 28.8 Å². The Kier molecular flexibility index (Phi) is 5.53. The summed E-state index contributed by atoms with van der Waals surface area (Å²) < 4.78 is 50.4. The van der Waals surface area contributed by atoms with Gasteiger partial charge in [0, 0.05) is 27.9 Å². The highest BCUT2D eigenvalue weighted by molar-refractivity contribution is 8.13. The standard InChI is InChI=1S/C22H13ClF2N2O4S/c23-32(30,31)16-7-5-12(6-8-16)20(28)19(21(29)13-9-14(24)11-15(25)10-13)22-26-17-3-1-2-4-18(17)27-22/h1-11,29H,(H,26,27). The summed E-state index contributed by atoms with van der Waals surface area (Å²) in [5.74, 6) is -3.39. The second-order valence-electron chi connectivity index (χ2n) is 6.78. The number of hydrogen-bond acceptors (Lipinski definition) is 5. The van der Waals surface area contributed by atoms with E-state index in [0.717, 1.165) is 24.3 Å². The molecule has 0 aliphatic carbocycles. The van der Waals surface area contributed by atoms with Gasteiger partial charge in [0.2, 0.25) is 5.78 Å². The van der Waals surface area contributed by atoms with Crippen molar-refractivity contribution in [3.8, 4) is 0 Å². The van der Waals surface area contributed by atoms with Crippen LogP contribution in [-0.2, 0) is 9.05 Å². The lowest BCUT2D eigenvalue weighted by Crippen LogP contribution is -2.08. The Balaban J connectivity index is 1.91. The van der Waals surface area contributed by atoms with Gasteiger partial charge in [0.05, 0.1) is 15.9 Å². The number of rotatable bonds is 5. The van der Waals surface area contributed by atoms with E-state index < -0.39 is 32.2 Å². The average molecular weight is 475 g/mol. The van der Waals surface area contributed by atoms with Crippen molar-refractivity contribution in [1.29, 1.82) is 0 Å². The fourth-order valence-corrected chi connectivity index (χ4v) is 3.92. The summed E-state index contributed by atoms with van der Waals surface area (Å²) in [4.78, 5) is 20.3. The van der Waals surface area contributed by atoms with Crippen molar-refractivity contribution >= 4 is 47.9 Å². The number of imidazole rings is 1. The second-order valence-corrected chi connectivity index (χ2v) is 9.34. The van der Waals surface area contributed by atoms with Gasteiger partial charge in [0.25, 0.3) is 9.05 Å². The number of carbonyl (C=O) groups excluding carboxylic acids is 1. The third kappa shape index (κ3) is 4.25. The van der Waals surface area contributed by atoms with E-state index in [1.807, 2.05) is 0 Å². The zero-order chi connectivity index (χ0) is 23.0. The Bertz CT molecular complexity index is 1440. The van der Waals surface area contributed by atoms with E-state index in [9.17, 15) is 27.1 Å². The van der Waals surface area contributed by atoms with Gasteiger partial charge in [-0.3, -0.25) is 4.79 Å². The summed E-state index contributed by atoms with van der Waals surface area (Å²) in [6, 6.07) is 13.9. The Morgan fingerprint density at radius 3 is 2.16 bits per heavy atom. The molecule has 32 heavy (non-hydrogen) atoms. The van der Waals surface area contributed by atoms with Crippen LogP contribution in [0, 0.1) is 11.6 Å². The molecule has 10 heteroatoms. The maximum Gasteiger partial charge on any atom is 0.261 e. The van der Waals surface area contributed by atoms with Crippen LogP contribution in [-0.4, -0.2) is 29.3 Å². The maximum absolute atomic E-state index is 13.8. The third-order valence-corrected chi connectivity index (χ3v) is 5.99. The molecule has 0 saturated heterocycles. The Hall–Kier alpha value is -3.56. The van der Waals surface area contributed by atoms with Crippen LogP contribution in [0.5, 0.6) is 0 Å². The minimum absolute atomic E-state index is 0.00653. The fourth-order valence-electron chi connectivity index (χ4n) is 3.15. The van der Waals surface area contributed by atoms with Gasteiger partial charge < -0.3 is 10.1 Å². The first-order chi connectivity index (χ1) is 15.1. The topological polar surface area (TPSA) is 100 Å². The number of benzene rings is 3. The van der Waals surface area contributed by atoms with E-state index in [1.165, 1.54) is 12.1 Å². The summed E-state index contributed by atoms with van der Waals surface area (Å²) in [6.45, 7) is 0. The molecule has 0 unspecified atom stereocenters. The fraction of sp³-hybridized carbons (Fsp3) is 0. The van der Waals surface area contributed by atoms with E-state index in [4.69, 9.17) is 10.7 Å². The van der Waals surface area contributed by atoms with Crippen LogP contribution in [0.4, 0.5) is 8.78 Å². The molecule has 0 saturated carbocycles. The SMILES string of the molecule is O=C(C(=C(O)c1cc(F)cc(F)c1)c1nc2ccccc2[nH]1)c1ccc(S(=O)(=O)Cl)cc1. The Labute approximate surface area is 185 Å². The van der Waals surface area contributed by atoms with Gasteiger partial charge in [0.15, 0.2) is 0 Å². The van der Waals surface area contributed by atoms with E-state index in [2.05, 4.69) is 9.97 Å². The Morgan fingerprint density at radius 2 is 1.56 bits per heavy atom. The number of aliphatic hydroxyl groups excluding tert-OH is 1. The molecule has 0 aliphatic rings. The lowest BCUT2D eigenvalue weighted by molar-refractivity contribution is 0.105. The predicted molar refractivity (Wildman–Crippen MR) is 116 cm³/mol. The highest BCUT2D eigenvalue weighted by atomic mass is 35.7. The largest absolute Gasteiger partial charge is 0.506 e. The first-order valence-electron chi connectivity index (χ1n) is 9.08. The number of carbonyl (C=O) groups is 1. The number of aromatic amines is 1. The predicted octanol–water partition coefficient (Wildman–Crippen LogP) is 5.08. The highest BCUT2D eigenvalue weighted by Crippen LogP contribution is 2.29. The zero-order valence-electron chi connectivity index (χ0n) is 16.0. The summed E-state index contributed by atoms with van der Waals surface area (Å²) in [5.41, 5.74) is 0.427. The molecule has 0 fully saturated rings. The molecule has 0 amide bonds. The smallest absolute Gasteiger partial charge is 0.261 e. The van der Waals surface area contributed by atoms with E-state index >= 15 is 0 Å². The molecule has 4 rings (SSSR count). The number of H-pyrrole nitrogens is 1. The third-order valence-electron chi connectivity index (χ3n) is 4.62. The number of fused-ring (bicyclic) bond motifs is 1. The van der Waals surface area contributed by atoms with Gasteiger partial charge in [-0.15, -0.1) is 0 Å². The van der Waals surface area contributed by atoms with Crippen LogP contribution in [0.3, 0.4) is 0 Å². The number of nitrogens with zero attached hydrogens (tertiary/aromatic N) is 1. The molecule has 4 aromatic rings. The molecule has 162 valence electrons. The number of nitrogens with one attached hydrogen (secondary N) is 1. The number of allylic oxidation sites excluding steroid dienone is 1. The van der Waals surface area contributed by atoms with Gasteiger partial charge in [-0.05, 0) is 48.5 Å². The number of aliphatic hydroxyl groups is 1. The van der Waals surface area contributed by atoms with Crippen molar-refractivity contribution in [2.75, 3.05) is 0 Å². The first kappa shape index (κ1) is 21.7. The van der Waals surface area contributed by atoms with Gasteiger partial charge >= 0.3 is 0 Å². The monoisotopic (exact) mass is 474 g/mol. The number of halogens is 3. The van der Waals surface area contributed by atoms with Crippen LogP contribution in [0.25, 0.3) is 22.4 Å². The van der Waals surface area contributed by atoms with Crippen LogP contribution in [0.2, 0.25) is 0 Å². The van der Waals surface area contributed by atoms with Crippen LogP contribution >= 0.6 is 10.7 Å². The molecule has 0 spiro atoms. The van der Waals surface area contributed by atoms with Gasteiger partial charge in [-0.25, -0.2) is 22.2 Å². The van der Waals surface area contributed by atoms with Crippen molar-refractivity contribution < 1.29 is 27.1 Å². The molecule has 6 nitrogen and oxygen atoms in total.